The molecule has 0 unspecified atom stereocenters. The zero-order valence-electron chi connectivity index (χ0n) is 23.6. The third-order valence-electron chi connectivity index (χ3n) is 9.74. The van der Waals surface area contributed by atoms with E-state index in [4.69, 9.17) is 34.8 Å². The van der Waals surface area contributed by atoms with Gasteiger partial charge in [-0.2, -0.15) is 0 Å². The number of hydrogen-bond acceptors (Lipinski definition) is 3. The van der Waals surface area contributed by atoms with Crippen molar-refractivity contribution in [1.29, 1.82) is 0 Å². The number of amides is 3. The second kappa shape index (κ2) is 12.1. The Bertz CT molecular complexity index is 1400. The second-order valence-corrected chi connectivity index (χ2v) is 14.5. The fourth-order valence-corrected chi connectivity index (χ4v) is 8.31. The number of halogens is 4. The summed E-state index contributed by atoms with van der Waals surface area (Å²) in [5, 5.41) is 1.63. The molecule has 2 saturated carbocycles. The number of likely N-dealkylation sites (tertiary alicyclic amines) is 2. The molecule has 2 aromatic carbocycles. The first-order chi connectivity index (χ1) is 20.1. The molecular formula is C32H35Cl3IN3O3. The molecule has 0 bridgehead atoms. The van der Waals surface area contributed by atoms with Gasteiger partial charge in [0.25, 0.3) is 5.91 Å². The number of alkyl halides is 1. The molecule has 0 spiro atoms. The Morgan fingerprint density at radius 3 is 2.21 bits per heavy atom. The second-order valence-electron chi connectivity index (χ2n) is 12.5. The van der Waals surface area contributed by atoms with E-state index in [0.717, 1.165) is 41.2 Å². The molecule has 4 fully saturated rings. The van der Waals surface area contributed by atoms with Gasteiger partial charge in [0.1, 0.15) is 0 Å². The Labute approximate surface area is 276 Å². The average molecular weight is 743 g/mol. The summed E-state index contributed by atoms with van der Waals surface area (Å²) >= 11 is 21.4. The molecule has 0 N–H and O–H groups in total. The normalized spacial score (nSPS) is 23.6. The summed E-state index contributed by atoms with van der Waals surface area (Å²) in [5.74, 6) is 0.457. The SMILES string of the molecule is CN(C(=O)c1ccc(Cl)c(C2CC2)c1)[C@H]1CN(C(=O)C2CCN(C(=O)C3(CI)CC3)CC2)C[C@@H]1c1ccc(Cl)c(Cl)c1. The van der Waals surface area contributed by atoms with Gasteiger partial charge < -0.3 is 14.7 Å². The Morgan fingerprint density at radius 1 is 0.905 bits per heavy atom. The van der Waals surface area contributed by atoms with Crippen molar-refractivity contribution in [1.82, 2.24) is 14.7 Å². The van der Waals surface area contributed by atoms with Crippen LogP contribution in [-0.4, -0.2) is 76.1 Å². The summed E-state index contributed by atoms with van der Waals surface area (Å²) in [5.41, 5.74) is 2.44. The number of carbonyl (C=O) groups is 3. The van der Waals surface area contributed by atoms with Gasteiger partial charge in [-0.15, -0.1) is 0 Å². The van der Waals surface area contributed by atoms with Crippen LogP contribution in [0.15, 0.2) is 36.4 Å². The lowest BCUT2D eigenvalue weighted by atomic mass is 9.92. The van der Waals surface area contributed by atoms with Crippen molar-refractivity contribution in [2.24, 2.45) is 11.3 Å². The quantitative estimate of drug-likeness (QED) is 0.226. The first-order valence-corrected chi connectivity index (χ1v) is 17.4. The molecule has 6 rings (SSSR count). The number of likely N-dealkylation sites (N-methyl/N-ethyl adjacent to an activating group) is 1. The van der Waals surface area contributed by atoms with Gasteiger partial charge in [-0.05, 0) is 85.9 Å². The van der Waals surface area contributed by atoms with Gasteiger partial charge in [0, 0.05) is 60.1 Å². The number of nitrogens with zero attached hydrogens (tertiary/aromatic N) is 3. The fraction of sp³-hybridized carbons (Fsp3) is 0.531. The van der Waals surface area contributed by atoms with Gasteiger partial charge in [-0.1, -0.05) is 63.5 Å². The minimum Gasteiger partial charge on any atom is -0.342 e. The van der Waals surface area contributed by atoms with Crippen LogP contribution in [0.2, 0.25) is 15.1 Å². The Hall–Kier alpha value is -1.55. The van der Waals surface area contributed by atoms with E-state index in [0.29, 0.717) is 65.6 Å². The number of rotatable bonds is 7. The first-order valence-electron chi connectivity index (χ1n) is 14.8. The van der Waals surface area contributed by atoms with Gasteiger partial charge >= 0.3 is 0 Å². The van der Waals surface area contributed by atoms with Crippen LogP contribution in [-0.2, 0) is 9.59 Å². The molecule has 2 aliphatic carbocycles. The molecule has 2 atom stereocenters. The molecule has 0 aromatic heterocycles. The van der Waals surface area contributed by atoms with Crippen LogP contribution in [0.5, 0.6) is 0 Å². The third kappa shape index (κ3) is 5.92. The smallest absolute Gasteiger partial charge is 0.253 e. The van der Waals surface area contributed by atoms with E-state index in [1.165, 1.54) is 0 Å². The maximum Gasteiger partial charge on any atom is 0.253 e. The number of benzene rings is 2. The van der Waals surface area contributed by atoms with Crippen molar-refractivity contribution < 1.29 is 14.4 Å². The molecule has 2 heterocycles. The molecule has 2 saturated heterocycles. The van der Waals surface area contributed by atoms with Crippen molar-refractivity contribution in [3.63, 3.8) is 0 Å². The minimum absolute atomic E-state index is 0.0889. The number of hydrogen-bond donors (Lipinski definition) is 0. The van der Waals surface area contributed by atoms with Gasteiger partial charge in [0.15, 0.2) is 0 Å². The third-order valence-corrected chi connectivity index (χ3v) is 12.3. The van der Waals surface area contributed by atoms with Crippen molar-refractivity contribution in [3.05, 3.63) is 68.2 Å². The van der Waals surface area contributed by atoms with E-state index in [-0.39, 0.29) is 41.0 Å². The molecule has 4 aliphatic rings. The zero-order chi connectivity index (χ0) is 29.8. The van der Waals surface area contributed by atoms with Crippen LogP contribution in [0.1, 0.15) is 71.8 Å². The van der Waals surface area contributed by atoms with Gasteiger partial charge in [-0.3, -0.25) is 14.4 Å². The van der Waals surface area contributed by atoms with E-state index in [1.807, 2.05) is 41.1 Å². The Morgan fingerprint density at radius 2 is 1.60 bits per heavy atom. The maximum absolute atomic E-state index is 13.9. The molecule has 10 heteroatoms. The Balaban J connectivity index is 1.19. The van der Waals surface area contributed by atoms with Crippen molar-refractivity contribution in [2.75, 3.05) is 37.7 Å². The lowest BCUT2D eigenvalue weighted by molar-refractivity contribution is -0.142. The van der Waals surface area contributed by atoms with Crippen LogP contribution in [0.4, 0.5) is 0 Å². The molecule has 0 radical (unpaired) electrons. The monoisotopic (exact) mass is 741 g/mol. The van der Waals surface area contributed by atoms with E-state index < -0.39 is 0 Å². The molecule has 2 aromatic rings. The van der Waals surface area contributed by atoms with E-state index in [2.05, 4.69) is 22.6 Å². The summed E-state index contributed by atoms with van der Waals surface area (Å²) in [6.45, 7) is 2.18. The van der Waals surface area contributed by atoms with E-state index in [1.54, 1.807) is 17.0 Å². The maximum atomic E-state index is 13.9. The highest BCUT2D eigenvalue weighted by molar-refractivity contribution is 14.1. The highest BCUT2D eigenvalue weighted by Crippen LogP contribution is 2.49. The van der Waals surface area contributed by atoms with Crippen LogP contribution in [0.25, 0.3) is 0 Å². The largest absolute Gasteiger partial charge is 0.342 e. The van der Waals surface area contributed by atoms with Crippen LogP contribution >= 0.6 is 57.4 Å². The molecule has 3 amide bonds. The van der Waals surface area contributed by atoms with Crippen LogP contribution in [0, 0.1) is 11.3 Å². The van der Waals surface area contributed by atoms with E-state index in [9.17, 15) is 14.4 Å². The lowest BCUT2D eigenvalue weighted by Gasteiger charge is -2.35. The Kier molecular flexibility index (Phi) is 8.77. The topological polar surface area (TPSA) is 60.9 Å². The molecule has 6 nitrogen and oxygen atoms in total. The summed E-state index contributed by atoms with van der Waals surface area (Å²) in [6.07, 6.45) is 5.48. The van der Waals surface area contributed by atoms with Gasteiger partial charge in [0.2, 0.25) is 11.8 Å². The summed E-state index contributed by atoms with van der Waals surface area (Å²) < 4.78 is 0.859. The zero-order valence-corrected chi connectivity index (χ0v) is 28.1. The molecule has 224 valence electrons. The van der Waals surface area contributed by atoms with Crippen molar-refractivity contribution >= 4 is 75.1 Å². The average Bonchev–Trinajstić information content (AvgIpc) is 3.95. The molecular weight excluding hydrogens is 708 g/mol. The standard InChI is InChI=1S/C32H35Cl3IN3O3/c1-37(29(40)22-5-6-25(33)23(14-22)19-2-3-19)28-17-39(16-24(28)21-4-7-26(34)27(35)15-21)30(41)20-8-12-38(13-9-20)31(42)32(18-36)10-11-32/h4-7,14-15,19-20,24,28H,2-3,8-13,16-18H2,1H3/t24-,28+/m1/s1. The van der Waals surface area contributed by atoms with Gasteiger partial charge in [-0.25, -0.2) is 0 Å². The predicted molar refractivity (Wildman–Crippen MR) is 175 cm³/mol. The number of piperidine rings is 1. The highest BCUT2D eigenvalue weighted by atomic mass is 127. The lowest BCUT2D eigenvalue weighted by Crippen LogP contribution is -2.47. The predicted octanol–water partition coefficient (Wildman–Crippen LogP) is 7.04. The summed E-state index contributed by atoms with van der Waals surface area (Å²) in [4.78, 5) is 46.4. The van der Waals surface area contributed by atoms with Gasteiger partial charge in [0.05, 0.1) is 21.5 Å². The van der Waals surface area contributed by atoms with Crippen LogP contribution in [0.3, 0.4) is 0 Å². The summed E-state index contributed by atoms with van der Waals surface area (Å²) in [6, 6.07) is 10.9. The van der Waals surface area contributed by atoms with Crippen molar-refractivity contribution in [3.8, 4) is 0 Å². The van der Waals surface area contributed by atoms with Crippen LogP contribution < -0.4 is 0 Å². The minimum atomic E-state index is -0.237. The molecule has 42 heavy (non-hydrogen) atoms. The first kappa shape index (κ1) is 30.5. The fourth-order valence-electron chi connectivity index (χ4n) is 6.65. The highest BCUT2D eigenvalue weighted by Gasteiger charge is 2.51. The van der Waals surface area contributed by atoms with E-state index >= 15 is 0 Å². The number of carbonyl (C=O) groups excluding carboxylic acids is 3. The van der Waals surface area contributed by atoms with Crippen molar-refractivity contribution in [2.45, 2.75) is 56.4 Å². The summed E-state index contributed by atoms with van der Waals surface area (Å²) in [7, 11) is 1.82. The molecule has 2 aliphatic heterocycles.